The Morgan fingerprint density at radius 3 is 2.44 bits per heavy atom. The molecule has 0 atom stereocenters. The lowest BCUT2D eigenvalue weighted by molar-refractivity contribution is -0.103. The van der Waals surface area contributed by atoms with Crippen LogP contribution in [0.5, 0.6) is 11.5 Å². The first-order chi connectivity index (χ1) is 7.76. The topological polar surface area (TPSA) is 35.5 Å². The maximum atomic E-state index is 10.9. The SMILES string of the molecule is C=CC=C(C=O)c1ccc(OC)c(OC)c1. The van der Waals surface area contributed by atoms with Crippen molar-refractivity contribution in [1.82, 2.24) is 0 Å². The van der Waals surface area contributed by atoms with Gasteiger partial charge in [-0.1, -0.05) is 24.8 Å². The van der Waals surface area contributed by atoms with Gasteiger partial charge in [0.25, 0.3) is 0 Å². The summed E-state index contributed by atoms with van der Waals surface area (Å²) in [5.74, 6) is 1.23. The molecule has 0 fully saturated rings. The lowest BCUT2D eigenvalue weighted by Gasteiger charge is -2.09. The summed E-state index contributed by atoms with van der Waals surface area (Å²) >= 11 is 0. The summed E-state index contributed by atoms with van der Waals surface area (Å²) in [6.45, 7) is 3.56. The Balaban J connectivity index is 3.21. The van der Waals surface area contributed by atoms with E-state index in [4.69, 9.17) is 9.47 Å². The number of hydrogen-bond donors (Lipinski definition) is 0. The molecule has 0 aliphatic rings. The molecule has 0 unspecified atom stereocenters. The summed E-state index contributed by atoms with van der Waals surface area (Å²) in [4.78, 5) is 10.9. The highest BCUT2D eigenvalue weighted by Crippen LogP contribution is 2.29. The van der Waals surface area contributed by atoms with E-state index in [9.17, 15) is 4.79 Å². The molecule has 0 saturated heterocycles. The van der Waals surface area contributed by atoms with E-state index >= 15 is 0 Å². The van der Waals surface area contributed by atoms with Crippen molar-refractivity contribution in [3.8, 4) is 11.5 Å². The average Bonchev–Trinajstić information content (AvgIpc) is 2.35. The summed E-state index contributed by atoms with van der Waals surface area (Å²) in [6, 6.07) is 5.31. The summed E-state index contributed by atoms with van der Waals surface area (Å²) in [5.41, 5.74) is 1.32. The molecule has 3 nitrogen and oxygen atoms in total. The Bertz CT molecular complexity index is 419. The van der Waals surface area contributed by atoms with Crippen LogP contribution in [0.1, 0.15) is 5.56 Å². The number of hydrogen-bond acceptors (Lipinski definition) is 3. The van der Waals surface area contributed by atoms with Crippen molar-refractivity contribution in [3.63, 3.8) is 0 Å². The Labute approximate surface area is 95.0 Å². The summed E-state index contributed by atoms with van der Waals surface area (Å²) in [6.07, 6.45) is 4.00. The van der Waals surface area contributed by atoms with Gasteiger partial charge >= 0.3 is 0 Å². The minimum atomic E-state index is 0.552. The number of carbonyl (C=O) groups is 1. The highest BCUT2D eigenvalue weighted by Gasteiger charge is 2.06. The highest BCUT2D eigenvalue weighted by atomic mass is 16.5. The van der Waals surface area contributed by atoms with Gasteiger partial charge in [0.2, 0.25) is 0 Å². The predicted octanol–water partition coefficient (Wildman–Crippen LogP) is 2.47. The first kappa shape index (κ1) is 12.0. The smallest absolute Gasteiger partial charge is 0.161 e. The lowest BCUT2D eigenvalue weighted by atomic mass is 10.1. The van der Waals surface area contributed by atoms with Gasteiger partial charge in [0.05, 0.1) is 14.2 Å². The van der Waals surface area contributed by atoms with Gasteiger partial charge in [-0.25, -0.2) is 0 Å². The third-order valence-corrected chi connectivity index (χ3v) is 2.14. The molecule has 0 spiro atoms. The monoisotopic (exact) mass is 218 g/mol. The number of ether oxygens (including phenoxy) is 2. The van der Waals surface area contributed by atoms with E-state index in [2.05, 4.69) is 6.58 Å². The van der Waals surface area contributed by atoms with E-state index in [0.29, 0.717) is 17.1 Å². The summed E-state index contributed by atoms with van der Waals surface area (Å²) in [7, 11) is 3.12. The zero-order valence-electron chi connectivity index (χ0n) is 9.40. The number of allylic oxidation sites excluding steroid dienone is 3. The third-order valence-electron chi connectivity index (χ3n) is 2.14. The molecule has 16 heavy (non-hydrogen) atoms. The largest absolute Gasteiger partial charge is 0.493 e. The van der Waals surface area contributed by atoms with Crippen LogP contribution in [-0.4, -0.2) is 20.5 Å². The molecule has 1 aromatic rings. The number of carbonyl (C=O) groups excluding carboxylic acids is 1. The normalized spacial score (nSPS) is 10.8. The Morgan fingerprint density at radius 2 is 1.94 bits per heavy atom. The first-order valence-electron chi connectivity index (χ1n) is 4.77. The molecule has 0 aliphatic heterocycles. The molecule has 0 heterocycles. The molecular formula is C13H14O3. The molecule has 0 bridgehead atoms. The fourth-order valence-electron chi connectivity index (χ4n) is 1.35. The van der Waals surface area contributed by atoms with Crippen LogP contribution >= 0.6 is 0 Å². The molecule has 0 amide bonds. The van der Waals surface area contributed by atoms with E-state index in [1.165, 1.54) is 0 Å². The first-order valence-corrected chi connectivity index (χ1v) is 4.77. The minimum absolute atomic E-state index is 0.552. The van der Waals surface area contributed by atoms with Crippen LogP contribution < -0.4 is 9.47 Å². The van der Waals surface area contributed by atoms with Crippen LogP contribution in [0.2, 0.25) is 0 Å². The van der Waals surface area contributed by atoms with Gasteiger partial charge in [-0.3, -0.25) is 4.79 Å². The number of benzene rings is 1. The molecule has 0 aromatic heterocycles. The Hall–Kier alpha value is -2.03. The molecule has 0 saturated carbocycles. The van der Waals surface area contributed by atoms with Gasteiger partial charge in [-0.05, 0) is 17.7 Å². The molecule has 0 radical (unpaired) electrons. The lowest BCUT2D eigenvalue weighted by Crippen LogP contribution is -1.93. The zero-order chi connectivity index (χ0) is 12.0. The van der Waals surface area contributed by atoms with Gasteiger partial charge in [-0.2, -0.15) is 0 Å². The fraction of sp³-hybridized carbons (Fsp3) is 0.154. The maximum Gasteiger partial charge on any atom is 0.161 e. The Morgan fingerprint density at radius 1 is 1.25 bits per heavy atom. The average molecular weight is 218 g/mol. The van der Waals surface area contributed by atoms with Crippen LogP contribution in [0.4, 0.5) is 0 Å². The third kappa shape index (κ3) is 2.51. The summed E-state index contributed by atoms with van der Waals surface area (Å²) < 4.78 is 10.3. The van der Waals surface area contributed by atoms with Gasteiger partial charge in [0, 0.05) is 5.57 Å². The summed E-state index contributed by atoms with van der Waals surface area (Å²) in [5, 5.41) is 0. The van der Waals surface area contributed by atoms with Gasteiger partial charge in [0.1, 0.15) is 0 Å². The molecule has 1 rings (SSSR count). The molecule has 0 N–H and O–H groups in total. The van der Waals surface area contributed by atoms with Crippen molar-refractivity contribution in [1.29, 1.82) is 0 Å². The van der Waals surface area contributed by atoms with E-state index in [0.717, 1.165) is 11.8 Å². The predicted molar refractivity (Wildman–Crippen MR) is 63.8 cm³/mol. The van der Waals surface area contributed by atoms with Gasteiger partial charge < -0.3 is 9.47 Å². The number of aldehydes is 1. The van der Waals surface area contributed by atoms with Crippen LogP contribution in [0.3, 0.4) is 0 Å². The second-order valence-electron chi connectivity index (χ2n) is 3.05. The number of rotatable bonds is 5. The molecular weight excluding hydrogens is 204 g/mol. The van der Waals surface area contributed by atoms with Crippen LogP contribution in [0, 0.1) is 0 Å². The molecule has 1 aromatic carbocycles. The Kier molecular flexibility index (Phi) is 4.33. The van der Waals surface area contributed by atoms with Crippen molar-refractivity contribution >= 4 is 11.9 Å². The molecule has 84 valence electrons. The van der Waals surface area contributed by atoms with E-state index in [1.807, 2.05) is 0 Å². The number of methoxy groups -OCH3 is 2. The van der Waals surface area contributed by atoms with E-state index in [-0.39, 0.29) is 0 Å². The standard InChI is InChI=1S/C13H14O3/c1-4-5-11(9-14)10-6-7-12(15-2)13(8-10)16-3/h4-9H,1H2,2-3H3. The molecule has 3 heteroatoms. The molecule has 0 aliphatic carbocycles. The second-order valence-corrected chi connectivity index (χ2v) is 3.05. The van der Waals surface area contributed by atoms with Crippen LogP contribution in [0.25, 0.3) is 5.57 Å². The quantitative estimate of drug-likeness (QED) is 0.432. The van der Waals surface area contributed by atoms with E-state index in [1.54, 1.807) is 44.6 Å². The van der Waals surface area contributed by atoms with Crippen molar-refractivity contribution in [2.45, 2.75) is 0 Å². The fourth-order valence-corrected chi connectivity index (χ4v) is 1.35. The highest BCUT2D eigenvalue weighted by molar-refractivity contribution is 6.07. The van der Waals surface area contributed by atoms with Crippen molar-refractivity contribution in [3.05, 3.63) is 42.5 Å². The van der Waals surface area contributed by atoms with Crippen molar-refractivity contribution in [2.24, 2.45) is 0 Å². The second kappa shape index (κ2) is 5.75. The van der Waals surface area contributed by atoms with Gasteiger partial charge in [0.15, 0.2) is 17.8 Å². The maximum absolute atomic E-state index is 10.9. The zero-order valence-corrected chi connectivity index (χ0v) is 9.40. The van der Waals surface area contributed by atoms with Crippen molar-refractivity contribution in [2.75, 3.05) is 14.2 Å². The van der Waals surface area contributed by atoms with Crippen molar-refractivity contribution < 1.29 is 14.3 Å². The minimum Gasteiger partial charge on any atom is -0.493 e. The van der Waals surface area contributed by atoms with Gasteiger partial charge in [-0.15, -0.1) is 0 Å². The van der Waals surface area contributed by atoms with Crippen LogP contribution in [-0.2, 0) is 4.79 Å². The van der Waals surface area contributed by atoms with Crippen LogP contribution in [0.15, 0.2) is 36.9 Å². The van der Waals surface area contributed by atoms with E-state index < -0.39 is 0 Å².